The molecule has 126 valence electrons. The van der Waals surface area contributed by atoms with Crippen molar-refractivity contribution in [2.75, 3.05) is 6.61 Å². The van der Waals surface area contributed by atoms with E-state index in [0.717, 1.165) is 0 Å². The predicted molar refractivity (Wildman–Crippen MR) is 79.5 cm³/mol. The van der Waals surface area contributed by atoms with Crippen LogP contribution in [0.15, 0.2) is 21.6 Å². The molecule has 4 N–H and O–H groups in total. The Hall–Kier alpha value is -1.68. The second kappa shape index (κ2) is 4.23. The van der Waals surface area contributed by atoms with Gasteiger partial charge in [0.15, 0.2) is 18.0 Å². The molecule has 9 nitrogen and oxygen atoms in total. The summed E-state index contributed by atoms with van der Waals surface area (Å²) in [4.78, 5) is 11.8. The number of ether oxygens (including phenoxy) is 1. The lowest BCUT2D eigenvalue weighted by Crippen LogP contribution is -2.80. The molecule has 2 saturated heterocycles. The van der Waals surface area contributed by atoms with Crippen molar-refractivity contribution in [3.63, 3.8) is 0 Å². The van der Waals surface area contributed by atoms with Crippen LogP contribution in [0.4, 0.5) is 0 Å². The third-order valence-electron chi connectivity index (χ3n) is 5.46. The minimum Gasteiger partial charge on any atom is -0.492 e. The maximum atomic E-state index is 11.4. The molecule has 0 aromatic carbocycles. The second-order valence-corrected chi connectivity index (χ2v) is 6.84. The Labute approximate surface area is 132 Å². The molecule has 0 aliphatic carbocycles. The molecule has 0 aromatic heterocycles. The van der Waals surface area contributed by atoms with E-state index >= 15 is 0 Å². The first kappa shape index (κ1) is 14.9. The quantitative estimate of drug-likeness (QED) is 0.474. The van der Waals surface area contributed by atoms with E-state index in [2.05, 4.69) is 9.98 Å². The maximum Gasteiger partial charge on any atom is 0.239 e. The van der Waals surface area contributed by atoms with Crippen molar-refractivity contribution in [3.05, 3.63) is 11.6 Å². The van der Waals surface area contributed by atoms with Crippen LogP contribution in [0.3, 0.4) is 0 Å². The highest BCUT2D eigenvalue weighted by molar-refractivity contribution is 5.85. The van der Waals surface area contributed by atoms with Crippen molar-refractivity contribution in [2.45, 2.75) is 56.5 Å². The van der Waals surface area contributed by atoms with Gasteiger partial charge in [0, 0.05) is 0 Å². The Morgan fingerprint density at radius 3 is 2.74 bits per heavy atom. The number of amidine groups is 1. The summed E-state index contributed by atoms with van der Waals surface area (Å²) >= 11 is 0. The van der Waals surface area contributed by atoms with Gasteiger partial charge in [-0.05, 0) is 20.8 Å². The van der Waals surface area contributed by atoms with E-state index in [9.17, 15) is 20.4 Å². The molecule has 1 unspecified atom stereocenters. The molecule has 4 aliphatic rings. The highest BCUT2D eigenvalue weighted by Crippen LogP contribution is 2.51. The van der Waals surface area contributed by atoms with Crippen LogP contribution < -0.4 is 0 Å². The summed E-state index contributed by atoms with van der Waals surface area (Å²) in [5, 5.41) is 41.5. The van der Waals surface area contributed by atoms with Crippen LogP contribution >= 0.6 is 0 Å². The summed E-state index contributed by atoms with van der Waals surface area (Å²) < 4.78 is 5.73. The van der Waals surface area contributed by atoms with E-state index in [-0.39, 0.29) is 5.88 Å². The lowest BCUT2D eigenvalue weighted by molar-refractivity contribution is -0.231. The van der Waals surface area contributed by atoms with Crippen LogP contribution in [0.2, 0.25) is 0 Å². The van der Waals surface area contributed by atoms with Crippen LogP contribution in [0.25, 0.3) is 0 Å². The number of fused-ring (bicyclic) bond motifs is 2. The molecule has 0 radical (unpaired) electrons. The van der Waals surface area contributed by atoms with Crippen molar-refractivity contribution in [3.8, 4) is 0 Å². The fraction of sp³-hybridized carbons (Fsp3) is 0.714. The average molecular weight is 324 g/mol. The van der Waals surface area contributed by atoms with Gasteiger partial charge in [-0.2, -0.15) is 4.99 Å². The minimum absolute atomic E-state index is 0.166. The molecule has 0 bridgehead atoms. The molecule has 0 amide bonds. The molecule has 0 saturated carbocycles. The number of aliphatic hydroxyl groups excluding tert-OH is 3. The summed E-state index contributed by atoms with van der Waals surface area (Å²) in [5.74, 6) is 0.337. The molecule has 9 heteroatoms. The molecule has 2 fully saturated rings. The van der Waals surface area contributed by atoms with Gasteiger partial charge in [0.1, 0.15) is 23.7 Å². The van der Waals surface area contributed by atoms with Crippen molar-refractivity contribution in [1.29, 1.82) is 0 Å². The SMILES string of the molecule is CC1=NC(O)=C2N=CN3C2N1C(C)(C)[C@@]1(O)[C@H](O)[C@@H](CO)O[C@@H]31. The molecule has 4 heterocycles. The van der Waals surface area contributed by atoms with Gasteiger partial charge in [-0.3, -0.25) is 0 Å². The van der Waals surface area contributed by atoms with E-state index < -0.39 is 42.3 Å². The Balaban J connectivity index is 1.91. The second-order valence-electron chi connectivity index (χ2n) is 6.84. The van der Waals surface area contributed by atoms with Gasteiger partial charge in [-0.15, -0.1) is 0 Å². The summed E-state index contributed by atoms with van der Waals surface area (Å²) in [6.07, 6.45) is -2.09. The molecule has 5 atom stereocenters. The molecule has 4 rings (SSSR count). The molecule has 0 aromatic rings. The van der Waals surface area contributed by atoms with E-state index in [1.165, 1.54) is 6.34 Å². The zero-order chi connectivity index (χ0) is 16.7. The fourth-order valence-corrected chi connectivity index (χ4v) is 4.24. The third kappa shape index (κ3) is 1.46. The lowest BCUT2D eigenvalue weighted by atomic mass is 9.72. The zero-order valence-electron chi connectivity index (χ0n) is 13.1. The molecule has 23 heavy (non-hydrogen) atoms. The average Bonchev–Trinajstić information content (AvgIpc) is 3.00. The van der Waals surface area contributed by atoms with Crippen molar-refractivity contribution in [1.82, 2.24) is 9.80 Å². The number of hydrogen-bond acceptors (Lipinski definition) is 9. The largest absolute Gasteiger partial charge is 0.492 e. The Morgan fingerprint density at radius 1 is 1.39 bits per heavy atom. The van der Waals surface area contributed by atoms with Crippen molar-refractivity contribution >= 4 is 12.2 Å². The van der Waals surface area contributed by atoms with Gasteiger partial charge in [0.05, 0.1) is 18.5 Å². The Morgan fingerprint density at radius 2 is 2.09 bits per heavy atom. The number of nitrogens with zero attached hydrogens (tertiary/aromatic N) is 4. The number of aliphatic imine (C=N–C) groups is 2. The van der Waals surface area contributed by atoms with Gasteiger partial charge >= 0.3 is 0 Å². The third-order valence-corrected chi connectivity index (χ3v) is 5.46. The van der Waals surface area contributed by atoms with E-state index in [4.69, 9.17) is 4.74 Å². The smallest absolute Gasteiger partial charge is 0.239 e. The van der Waals surface area contributed by atoms with Crippen molar-refractivity contribution in [2.24, 2.45) is 9.98 Å². The Kier molecular flexibility index (Phi) is 2.74. The monoisotopic (exact) mass is 324 g/mol. The lowest BCUT2D eigenvalue weighted by Gasteiger charge is -2.61. The Bertz CT molecular complexity index is 660. The summed E-state index contributed by atoms with van der Waals surface area (Å²) in [6, 6.07) is 0. The topological polar surface area (TPSA) is 121 Å². The van der Waals surface area contributed by atoms with Crippen LogP contribution in [0.5, 0.6) is 0 Å². The first-order valence-electron chi connectivity index (χ1n) is 7.51. The summed E-state index contributed by atoms with van der Waals surface area (Å²) in [5.41, 5.74) is -2.28. The molecule has 0 spiro atoms. The van der Waals surface area contributed by atoms with Crippen LogP contribution in [0.1, 0.15) is 20.8 Å². The van der Waals surface area contributed by atoms with Crippen LogP contribution in [0, 0.1) is 0 Å². The first-order valence-corrected chi connectivity index (χ1v) is 7.51. The minimum atomic E-state index is -1.68. The zero-order valence-corrected chi connectivity index (χ0v) is 13.1. The fourth-order valence-electron chi connectivity index (χ4n) is 4.24. The maximum absolute atomic E-state index is 11.4. The van der Waals surface area contributed by atoms with E-state index in [0.29, 0.717) is 11.5 Å². The molecular weight excluding hydrogens is 304 g/mol. The van der Waals surface area contributed by atoms with Gasteiger partial charge in [0.2, 0.25) is 5.88 Å². The standard InChI is InChI=1S/C14H20N4O5/c1-6-16-10(21)8-11-17(5-15-8)12-14(22,13(2,3)18(6)11)9(20)7(4-19)23-12/h5,7,9,11-12,19-22H,4H2,1-3H3/t7-,9-,11?,12-,14-/m1/s1. The van der Waals surface area contributed by atoms with Crippen LogP contribution in [-0.4, -0.2) is 84.7 Å². The van der Waals surface area contributed by atoms with Gasteiger partial charge in [0.25, 0.3) is 0 Å². The first-order chi connectivity index (χ1) is 10.7. The highest BCUT2D eigenvalue weighted by atomic mass is 16.6. The predicted octanol–water partition coefficient (Wildman–Crippen LogP) is -1.28. The summed E-state index contributed by atoms with van der Waals surface area (Å²) in [7, 11) is 0. The molecular formula is C14H20N4O5. The van der Waals surface area contributed by atoms with Gasteiger partial charge in [-0.1, -0.05) is 0 Å². The highest BCUT2D eigenvalue weighted by Gasteiger charge is 2.72. The van der Waals surface area contributed by atoms with E-state index in [1.807, 2.05) is 4.90 Å². The number of hydrogen-bond donors (Lipinski definition) is 4. The summed E-state index contributed by atoms with van der Waals surface area (Å²) in [6.45, 7) is 4.87. The van der Waals surface area contributed by atoms with Gasteiger partial charge < -0.3 is 35.0 Å². The number of rotatable bonds is 1. The van der Waals surface area contributed by atoms with Crippen LogP contribution in [-0.2, 0) is 4.74 Å². The normalized spacial score (nSPS) is 43.7. The van der Waals surface area contributed by atoms with Crippen molar-refractivity contribution < 1.29 is 25.2 Å². The van der Waals surface area contributed by atoms with Gasteiger partial charge in [-0.25, -0.2) is 4.99 Å². The van der Waals surface area contributed by atoms with E-state index in [1.54, 1.807) is 25.7 Å². The molecule has 4 aliphatic heterocycles. The number of aliphatic hydroxyl groups is 4.